The van der Waals surface area contributed by atoms with Gasteiger partial charge < -0.3 is 30.6 Å². The smallest absolute Gasteiger partial charge is 0.390 e. The molecule has 0 aromatic carbocycles. The van der Waals surface area contributed by atoms with Crippen molar-refractivity contribution in [2.24, 2.45) is 10.4 Å². The van der Waals surface area contributed by atoms with Gasteiger partial charge in [-0.2, -0.15) is 9.81 Å². The second kappa shape index (κ2) is 12.6. The number of nitro groups is 1. The molecule has 0 spiro atoms. The number of nitrogens with one attached hydrogen (secondary N) is 2. The van der Waals surface area contributed by atoms with Crippen molar-refractivity contribution in [1.29, 1.82) is 0 Å². The molecular weight excluding hydrogens is 422 g/mol. The maximum atomic E-state index is 11.4. The average Bonchev–Trinajstić information content (AvgIpc) is 3.18. The maximum absolute atomic E-state index is 11.4. The van der Waals surface area contributed by atoms with Gasteiger partial charge in [0.05, 0.1) is 19.8 Å². The lowest BCUT2D eigenvalue weighted by molar-refractivity contribution is -0.397. The topological polar surface area (TPSA) is 173 Å². The van der Waals surface area contributed by atoms with Crippen molar-refractivity contribution in [3.63, 3.8) is 0 Å². The molecule has 1 rings (SSSR count). The first-order chi connectivity index (χ1) is 14.9. The summed E-state index contributed by atoms with van der Waals surface area (Å²) < 4.78 is 6.67. The summed E-state index contributed by atoms with van der Waals surface area (Å²) in [7, 11) is 0. The van der Waals surface area contributed by atoms with Crippen LogP contribution in [0.1, 0.15) is 41.0 Å². The van der Waals surface area contributed by atoms with E-state index in [9.17, 15) is 25.0 Å². The summed E-state index contributed by atoms with van der Waals surface area (Å²) in [6.07, 6.45) is 2.43. The van der Waals surface area contributed by atoms with Crippen LogP contribution >= 0.6 is 0 Å². The standard InChI is InChI=1S/C19H35N7O6/c1-14(23-28)18(2,3)21-7-6-8-22-19(4,5)16(24-29)13-32-12-15(27)11-25-10-9-20-17(25)26(30)31/h9-10,14-16,21-22,27H,6-8,11-13H2,1-5H3. The molecule has 182 valence electrons. The summed E-state index contributed by atoms with van der Waals surface area (Å²) in [4.78, 5) is 35.9. The molecule has 32 heavy (non-hydrogen) atoms. The van der Waals surface area contributed by atoms with Crippen molar-refractivity contribution in [3.05, 3.63) is 32.3 Å². The lowest BCUT2D eigenvalue weighted by Crippen LogP contribution is -2.52. The van der Waals surface area contributed by atoms with Crippen molar-refractivity contribution in [1.82, 2.24) is 20.2 Å². The number of aliphatic hydroxyl groups excluding tert-OH is 1. The fraction of sp³-hybridized carbons (Fsp3) is 0.842. The zero-order valence-electron chi connectivity index (χ0n) is 19.4. The fourth-order valence-corrected chi connectivity index (χ4v) is 2.89. The molecule has 0 saturated carbocycles. The number of nitrogens with zero attached hydrogens (tertiary/aromatic N) is 5. The number of nitroso groups, excluding NO2 is 2. The van der Waals surface area contributed by atoms with Gasteiger partial charge in [-0.1, -0.05) is 15.3 Å². The van der Waals surface area contributed by atoms with Crippen LogP contribution in [0.5, 0.6) is 0 Å². The zero-order valence-corrected chi connectivity index (χ0v) is 19.4. The van der Waals surface area contributed by atoms with E-state index >= 15 is 0 Å². The van der Waals surface area contributed by atoms with Gasteiger partial charge in [0, 0.05) is 11.1 Å². The molecule has 0 amide bonds. The van der Waals surface area contributed by atoms with E-state index in [1.165, 1.54) is 17.0 Å². The third-order valence-corrected chi connectivity index (χ3v) is 5.53. The molecule has 1 aromatic heterocycles. The van der Waals surface area contributed by atoms with Crippen LogP contribution in [0.25, 0.3) is 0 Å². The Morgan fingerprint density at radius 2 is 1.81 bits per heavy atom. The van der Waals surface area contributed by atoms with Crippen molar-refractivity contribution in [2.45, 2.75) is 76.8 Å². The summed E-state index contributed by atoms with van der Waals surface area (Å²) in [6.45, 7) is 10.4. The molecule has 0 aliphatic carbocycles. The molecule has 1 aromatic rings. The van der Waals surface area contributed by atoms with Gasteiger partial charge in [-0.3, -0.25) is 0 Å². The largest absolute Gasteiger partial charge is 0.434 e. The Hall–Kier alpha value is -2.35. The van der Waals surface area contributed by atoms with Crippen LogP contribution in [0.2, 0.25) is 0 Å². The van der Waals surface area contributed by atoms with Crippen LogP contribution in [0.4, 0.5) is 5.95 Å². The van der Waals surface area contributed by atoms with Crippen LogP contribution in [0, 0.1) is 19.9 Å². The second-order valence-electron chi connectivity index (χ2n) is 8.88. The van der Waals surface area contributed by atoms with E-state index in [-0.39, 0.29) is 31.7 Å². The number of rotatable bonds is 17. The first kappa shape index (κ1) is 27.7. The van der Waals surface area contributed by atoms with Gasteiger partial charge >= 0.3 is 5.95 Å². The van der Waals surface area contributed by atoms with Gasteiger partial charge in [-0.15, -0.1) is 0 Å². The third kappa shape index (κ3) is 8.65. The normalized spacial score (nSPS) is 15.2. The van der Waals surface area contributed by atoms with Crippen LogP contribution in [-0.2, 0) is 11.3 Å². The average molecular weight is 458 g/mol. The van der Waals surface area contributed by atoms with E-state index in [4.69, 9.17) is 4.74 Å². The second-order valence-corrected chi connectivity index (χ2v) is 8.88. The van der Waals surface area contributed by atoms with Gasteiger partial charge in [0.25, 0.3) is 0 Å². The van der Waals surface area contributed by atoms with E-state index in [1.54, 1.807) is 6.92 Å². The predicted octanol–water partition coefficient (Wildman–Crippen LogP) is 1.59. The number of aromatic nitrogens is 2. The third-order valence-electron chi connectivity index (χ3n) is 5.53. The molecule has 0 aliphatic rings. The number of ether oxygens (including phenoxy) is 1. The first-order valence-corrected chi connectivity index (χ1v) is 10.5. The van der Waals surface area contributed by atoms with Crippen LogP contribution in [0.3, 0.4) is 0 Å². The number of hydrogen-bond acceptors (Lipinski definition) is 11. The van der Waals surface area contributed by atoms with Crippen molar-refractivity contribution in [3.8, 4) is 0 Å². The highest BCUT2D eigenvalue weighted by molar-refractivity contribution is 5.06. The van der Waals surface area contributed by atoms with Gasteiger partial charge in [-0.05, 0) is 59.1 Å². The Morgan fingerprint density at radius 1 is 1.19 bits per heavy atom. The molecule has 3 atom stereocenters. The Balaban J connectivity index is 2.39. The highest BCUT2D eigenvalue weighted by Gasteiger charge is 2.31. The predicted molar refractivity (Wildman–Crippen MR) is 119 cm³/mol. The van der Waals surface area contributed by atoms with Gasteiger partial charge in [-0.25, -0.2) is 4.57 Å². The van der Waals surface area contributed by atoms with Gasteiger partial charge in [0.1, 0.15) is 30.6 Å². The molecule has 3 unspecified atom stereocenters. The summed E-state index contributed by atoms with van der Waals surface area (Å²) >= 11 is 0. The lowest BCUT2D eigenvalue weighted by Gasteiger charge is -2.32. The summed E-state index contributed by atoms with van der Waals surface area (Å²) in [5.41, 5.74) is -1.06. The van der Waals surface area contributed by atoms with E-state index < -0.39 is 28.1 Å². The molecule has 13 heteroatoms. The van der Waals surface area contributed by atoms with Crippen molar-refractivity contribution < 1.29 is 14.8 Å². The lowest BCUT2D eigenvalue weighted by atomic mass is 9.95. The zero-order chi connectivity index (χ0) is 24.4. The highest BCUT2D eigenvalue weighted by atomic mass is 16.6. The molecule has 0 bridgehead atoms. The van der Waals surface area contributed by atoms with E-state index in [1.807, 2.05) is 27.7 Å². The Labute approximate surface area is 187 Å². The Kier molecular flexibility index (Phi) is 10.9. The van der Waals surface area contributed by atoms with Gasteiger partial charge in [0.15, 0.2) is 0 Å². The Bertz CT molecular complexity index is 740. The van der Waals surface area contributed by atoms with Crippen molar-refractivity contribution >= 4 is 5.95 Å². The fourth-order valence-electron chi connectivity index (χ4n) is 2.89. The molecule has 0 saturated heterocycles. The maximum Gasteiger partial charge on any atom is 0.434 e. The Morgan fingerprint density at radius 3 is 2.38 bits per heavy atom. The number of hydrogen-bond donors (Lipinski definition) is 3. The minimum absolute atomic E-state index is 0.0135. The van der Waals surface area contributed by atoms with Crippen molar-refractivity contribution in [2.75, 3.05) is 26.3 Å². The summed E-state index contributed by atoms with van der Waals surface area (Å²) in [6, 6.07) is -1.07. The first-order valence-electron chi connectivity index (χ1n) is 10.5. The molecule has 13 nitrogen and oxygen atoms in total. The summed E-state index contributed by atoms with van der Waals surface area (Å²) in [5, 5.41) is 33.8. The molecule has 0 aliphatic heterocycles. The van der Waals surface area contributed by atoms with Crippen LogP contribution in [0.15, 0.2) is 22.7 Å². The van der Waals surface area contributed by atoms with Crippen LogP contribution in [-0.4, -0.2) is 75.1 Å². The monoisotopic (exact) mass is 457 g/mol. The SMILES string of the molecule is CC(N=O)C(C)(C)NCCCNC(C)(C)C(COCC(O)Cn1ccnc1[N+](=O)[O-])N=O. The summed E-state index contributed by atoms with van der Waals surface area (Å²) in [5.74, 6) is -0.364. The number of imidazole rings is 1. The molecule has 3 N–H and O–H groups in total. The number of aliphatic hydroxyl groups is 1. The highest BCUT2D eigenvalue weighted by Crippen LogP contribution is 2.15. The van der Waals surface area contributed by atoms with E-state index in [0.29, 0.717) is 13.1 Å². The molecule has 1 heterocycles. The van der Waals surface area contributed by atoms with Gasteiger partial charge in [0.2, 0.25) is 0 Å². The molecular formula is C19H35N7O6. The minimum Gasteiger partial charge on any atom is -0.390 e. The minimum atomic E-state index is -1.01. The van der Waals surface area contributed by atoms with E-state index in [2.05, 4.69) is 26.0 Å². The molecule has 0 fully saturated rings. The van der Waals surface area contributed by atoms with E-state index in [0.717, 1.165) is 6.42 Å². The van der Waals surface area contributed by atoms with Crippen LogP contribution < -0.4 is 10.6 Å². The molecule has 0 radical (unpaired) electrons. The quantitative estimate of drug-likeness (QED) is 0.136.